The van der Waals surface area contributed by atoms with Crippen LogP contribution in [-0.2, 0) is 0 Å². The van der Waals surface area contributed by atoms with E-state index in [0.717, 1.165) is 15.7 Å². The summed E-state index contributed by atoms with van der Waals surface area (Å²) in [6.45, 7) is 2.02. The normalized spacial score (nSPS) is 10.6. The minimum atomic E-state index is 0.0984. The van der Waals surface area contributed by atoms with E-state index < -0.39 is 0 Å². The zero-order chi connectivity index (χ0) is 14.8. The lowest BCUT2D eigenvalue weighted by Gasteiger charge is -2.09. The summed E-state index contributed by atoms with van der Waals surface area (Å²) in [5.74, 6) is 0.704. The van der Waals surface area contributed by atoms with Gasteiger partial charge in [-0.1, -0.05) is 6.07 Å². The van der Waals surface area contributed by atoms with Crippen molar-refractivity contribution in [2.45, 2.75) is 6.92 Å². The second kappa shape index (κ2) is 5.79. The van der Waals surface area contributed by atoms with Gasteiger partial charge in [-0.15, -0.1) is 0 Å². The molecule has 1 aromatic carbocycles. The molecule has 8 heteroatoms. The number of halogens is 2. The van der Waals surface area contributed by atoms with Gasteiger partial charge in [-0.25, -0.2) is 4.68 Å². The fourth-order valence-electron chi connectivity index (χ4n) is 1.73. The van der Waals surface area contributed by atoms with Gasteiger partial charge in [0.05, 0.1) is 5.69 Å². The summed E-state index contributed by atoms with van der Waals surface area (Å²) in [4.78, 5) is 12.4. The average molecular weight is 366 g/mol. The van der Waals surface area contributed by atoms with Crippen molar-refractivity contribution >= 4 is 39.2 Å². The molecule has 3 rings (SSSR count). The van der Waals surface area contributed by atoms with Crippen molar-refractivity contribution in [1.82, 2.24) is 24.7 Å². The van der Waals surface area contributed by atoms with E-state index >= 15 is 0 Å². The molecule has 6 nitrogen and oxygen atoms in total. The van der Waals surface area contributed by atoms with Crippen LogP contribution in [0.15, 0.2) is 41.1 Å². The van der Waals surface area contributed by atoms with Gasteiger partial charge in [0.2, 0.25) is 11.2 Å². The van der Waals surface area contributed by atoms with Gasteiger partial charge in [0.15, 0.2) is 0 Å². The quantitative estimate of drug-likeness (QED) is 0.769. The third-order valence-corrected chi connectivity index (χ3v) is 3.50. The average Bonchev–Trinajstić information content (AvgIpc) is 2.95. The first-order chi connectivity index (χ1) is 10.1. The molecule has 0 aliphatic rings. The van der Waals surface area contributed by atoms with Crippen molar-refractivity contribution in [1.29, 1.82) is 0 Å². The number of aryl methyl sites for hydroxylation is 1. The summed E-state index contributed by atoms with van der Waals surface area (Å²) in [7, 11) is 0. The van der Waals surface area contributed by atoms with Crippen molar-refractivity contribution in [3.8, 4) is 5.95 Å². The summed E-state index contributed by atoms with van der Waals surface area (Å²) < 4.78 is 2.43. The number of hydrogen-bond acceptors (Lipinski definition) is 5. The Labute approximate surface area is 134 Å². The third-order valence-electron chi connectivity index (χ3n) is 2.68. The molecule has 0 saturated carbocycles. The van der Waals surface area contributed by atoms with Gasteiger partial charge in [-0.05, 0) is 58.2 Å². The lowest BCUT2D eigenvalue weighted by molar-refractivity contribution is 0.798. The Balaban J connectivity index is 1.95. The highest BCUT2D eigenvalue weighted by Gasteiger charge is 2.09. The summed E-state index contributed by atoms with van der Waals surface area (Å²) in [5, 5.41) is 7.28. The lowest BCUT2D eigenvalue weighted by atomic mass is 10.2. The van der Waals surface area contributed by atoms with Crippen LogP contribution in [0, 0.1) is 6.92 Å². The second-order valence-corrected chi connectivity index (χ2v) is 5.48. The maximum atomic E-state index is 5.94. The molecule has 2 aromatic heterocycles. The highest BCUT2D eigenvalue weighted by atomic mass is 79.9. The van der Waals surface area contributed by atoms with E-state index in [1.54, 1.807) is 18.5 Å². The predicted octanol–water partition coefficient (Wildman–Crippen LogP) is 3.53. The molecule has 3 aromatic rings. The van der Waals surface area contributed by atoms with Crippen molar-refractivity contribution in [3.63, 3.8) is 0 Å². The summed E-state index contributed by atoms with van der Waals surface area (Å²) >= 11 is 9.44. The van der Waals surface area contributed by atoms with E-state index in [4.69, 9.17) is 11.6 Å². The molecule has 1 N–H and O–H groups in total. The van der Waals surface area contributed by atoms with E-state index in [1.165, 1.54) is 4.68 Å². The smallest absolute Gasteiger partial charge is 0.256 e. The third kappa shape index (κ3) is 3.20. The zero-order valence-corrected chi connectivity index (χ0v) is 13.3. The van der Waals surface area contributed by atoms with Crippen LogP contribution in [0.3, 0.4) is 0 Å². The number of aromatic nitrogens is 5. The van der Waals surface area contributed by atoms with Gasteiger partial charge in [-0.3, -0.25) is 0 Å². The number of nitrogens with one attached hydrogen (secondary N) is 1. The van der Waals surface area contributed by atoms with E-state index in [0.29, 0.717) is 11.9 Å². The molecule has 0 aliphatic heterocycles. The molecule has 2 heterocycles. The number of rotatable bonds is 3. The minimum absolute atomic E-state index is 0.0984. The number of nitrogens with zero attached hydrogens (tertiary/aromatic N) is 5. The van der Waals surface area contributed by atoms with Gasteiger partial charge in [0, 0.05) is 16.9 Å². The monoisotopic (exact) mass is 364 g/mol. The molecule has 0 fully saturated rings. The molecular formula is C13H10BrClN6. The Morgan fingerprint density at radius 1 is 1.24 bits per heavy atom. The number of anilines is 2. The topological polar surface area (TPSA) is 68.5 Å². The summed E-state index contributed by atoms with van der Waals surface area (Å²) in [5.41, 5.74) is 1.99. The van der Waals surface area contributed by atoms with Crippen molar-refractivity contribution in [2.24, 2.45) is 0 Å². The first-order valence-corrected chi connectivity index (χ1v) is 7.24. The molecule has 0 unspecified atom stereocenters. The number of benzene rings is 1. The zero-order valence-electron chi connectivity index (χ0n) is 11.0. The van der Waals surface area contributed by atoms with Crippen molar-refractivity contribution in [3.05, 3.63) is 52.0 Å². The largest absolute Gasteiger partial charge is 0.323 e. The second-order valence-electron chi connectivity index (χ2n) is 4.29. The Morgan fingerprint density at radius 3 is 2.81 bits per heavy atom. The van der Waals surface area contributed by atoms with Crippen LogP contribution in [-0.4, -0.2) is 24.7 Å². The van der Waals surface area contributed by atoms with Crippen LogP contribution in [0.1, 0.15) is 5.56 Å². The van der Waals surface area contributed by atoms with Gasteiger partial charge >= 0.3 is 0 Å². The fraction of sp³-hybridized carbons (Fsp3) is 0.0769. The molecule has 0 radical (unpaired) electrons. The molecule has 0 bridgehead atoms. The fourth-order valence-corrected chi connectivity index (χ4v) is 2.48. The Bertz CT molecular complexity index is 774. The molecule has 0 amide bonds. The molecule has 0 atom stereocenters. The molecule has 0 spiro atoms. The van der Waals surface area contributed by atoms with Crippen LogP contribution in [0.25, 0.3) is 5.95 Å². The predicted molar refractivity (Wildman–Crippen MR) is 84.1 cm³/mol. The van der Waals surface area contributed by atoms with Gasteiger partial charge in [0.1, 0.15) is 0 Å². The molecular weight excluding hydrogens is 356 g/mol. The van der Waals surface area contributed by atoms with Crippen LogP contribution in [0.5, 0.6) is 0 Å². The van der Waals surface area contributed by atoms with E-state index in [9.17, 15) is 0 Å². The maximum Gasteiger partial charge on any atom is 0.256 e. The van der Waals surface area contributed by atoms with Crippen molar-refractivity contribution < 1.29 is 0 Å². The number of hydrogen-bond donors (Lipinski definition) is 1. The summed E-state index contributed by atoms with van der Waals surface area (Å²) in [6.07, 6.45) is 3.37. The van der Waals surface area contributed by atoms with Crippen LogP contribution in [0.4, 0.5) is 11.6 Å². The molecule has 21 heavy (non-hydrogen) atoms. The Morgan fingerprint density at radius 2 is 2.10 bits per heavy atom. The molecule has 0 saturated heterocycles. The van der Waals surface area contributed by atoms with E-state index in [2.05, 4.69) is 41.3 Å². The van der Waals surface area contributed by atoms with Crippen molar-refractivity contribution in [2.75, 3.05) is 5.32 Å². The SMILES string of the molecule is Cc1ccc(Nc2nc(Cl)nc(-n3cccn3)n2)c(Br)c1. The highest BCUT2D eigenvalue weighted by molar-refractivity contribution is 9.10. The van der Waals surface area contributed by atoms with Gasteiger partial charge in [-0.2, -0.15) is 20.1 Å². The van der Waals surface area contributed by atoms with Crippen LogP contribution in [0.2, 0.25) is 5.28 Å². The Hall–Kier alpha value is -1.99. The van der Waals surface area contributed by atoms with Gasteiger partial charge in [0.25, 0.3) is 5.95 Å². The highest BCUT2D eigenvalue weighted by Crippen LogP contribution is 2.25. The van der Waals surface area contributed by atoms with Gasteiger partial charge < -0.3 is 5.32 Å². The lowest BCUT2D eigenvalue weighted by Crippen LogP contribution is -2.07. The maximum absolute atomic E-state index is 5.94. The molecule has 0 aliphatic carbocycles. The summed E-state index contributed by atoms with van der Waals surface area (Å²) in [6, 6.07) is 7.70. The van der Waals surface area contributed by atoms with Crippen LogP contribution >= 0.6 is 27.5 Å². The van der Waals surface area contributed by atoms with E-state index in [1.807, 2.05) is 25.1 Å². The van der Waals surface area contributed by atoms with E-state index in [-0.39, 0.29) is 5.28 Å². The molecule has 106 valence electrons. The minimum Gasteiger partial charge on any atom is -0.323 e. The first-order valence-electron chi connectivity index (χ1n) is 6.06. The van der Waals surface area contributed by atoms with Crippen LogP contribution < -0.4 is 5.32 Å². The Kier molecular flexibility index (Phi) is 3.85. The standard InChI is InChI=1S/C13H10BrClN6/c1-8-3-4-10(9(14)7-8)17-12-18-11(15)19-13(20-12)21-6-2-5-16-21/h2-7H,1H3,(H,17,18,19,20). The first kappa shape index (κ1) is 14.0.